The van der Waals surface area contributed by atoms with Crippen molar-refractivity contribution in [3.05, 3.63) is 90.5 Å². The van der Waals surface area contributed by atoms with Crippen molar-refractivity contribution >= 4 is 10.9 Å². The lowest BCUT2D eigenvalue weighted by Crippen LogP contribution is -2.15. The monoisotopic (exact) mass is 321 g/mol. The SMILES string of the molecule is CC(C)(O)c1ccc([S+](c2ccccc2)c2ccccc2)cc1. The van der Waals surface area contributed by atoms with Crippen molar-refractivity contribution in [1.29, 1.82) is 0 Å². The van der Waals surface area contributed by atoms with Gasteiger partial charge in [0.05, 0.1) is 16.5 Å². The van der Waals surface area contributed by atoms with Crippen LogP contribution < -0.4 is 0 Å². The van der Waals surface area contributed by atoms with Crippen LogP contribution in [0.2, 0.25) is 0 Å². The van der Waals surface area contributed by atoms with Gasteiger partial charge in [0.1, 0.15) is 0 Å². The fraction of sp³-hybridized carbons (Fsp3) is 0.143. The summed E-state index contributed by atoms with van der Waals surface area (Å²) in [4.78, 5) is 3.86. The van der Waals surface area contributed by atoms with Crippen molar-refractivity contribution in [3.8, 4) is 0 Å². The molecule has 0 saturated carbocycles. The van der Waals surface area contributed by atoms with Gasteiger partial charge >= 0.3 is 0 Å². The molecule has 0 atom stereocenters. The highest BCUT2D eigenvalue weighted by molar-refractivity contribution is 7.97. The van der Waals surface area contributed by atoms with Crippen LogP contribution in [0, 0.1) is 0 Å². The lowest BCUT2D eigenvalue weighted by atomic mass is 9.99. The Morgan fingerprint density at radius 2 is 1.00 bits per heavy atom. The Bertz CT molecular complexity index is 704. The molecule has 1 nitrogen and oxygen atoms in total. The first-order valence-corrected chi connectivity index (χ1v) is 8.95. The second-order valence-corrected chi connectivity index (χ2v) is 8.04. The quantitative estimate of drug-likeness (QED) is 0.670. The minimum atomic E-state index is -0.809. The van der Waals surface area contributed by atoms with Gasteiger partial charge in [-0.1, -0.05) is 48.5 Å². The topological polar surface area (TPSA) is 20.2 Å². The van der Waals surface area contributed by atoms with E-state index in [4.69, 9.17) is 0 Å². The molecular weight excluding hydrogens is 300 g/mol. The molecule has 0 bridgehead atoms. The predicted octanol–water partition coefficient (Wildman–Crippen LogP) is 5.01. The molecular formula is C21H21OS+. The summed E-state index contributed by atoms with van der Waals surface area (Å²) in [6.07, 6.45) is 0. The van der Waals surface area contributed by atoms with Gasteiger partial charge in [0.2, 0.25) is 0 Å². The van der Waals surface area contributed by atoms with Crippen molar-refractivity contribution in [2.24, 2.45) is 0 Å². The molecule has 3 aromatic carbocycles. The van der Waals surface area contributed by atoms with E-state index in [0.29, 0.717) is 0 Å². The molecule has 2 heteroatoms. The van der Waals surface area contributed by atoms with Crippen LogP contribution in [0.4, 0.5) is 0 Å². The normalized spacial score (nSPS) is 11.7. The standard InChI is InChI=1S/C21H21OS/c1-21(2,22)17-13-15-20(16-14-17)23(18-9-5-3-6-10-18)19-11-7-4-8-12-19/h3-16,22H,1-2H3/q+1. The Labute approximate surface area is 141 Å². The van der Waals surface area contributed by atoms with Gasteiger partial charge in [-0.25, -0.2) is 0 Å². The van der Waals surface area contributed by atoms with Crippen LogP contribution in [0.25, 0.3) is 0 Å². The van der Waals surface area contributed by atoms with Crippen LogP contribution >= 0.6 is 0 Å². The molecule has 0 fully saturated rings. The molecule has 0 aliphatic rings. The second kappa shape index (κ2) is 6.61. The highest BCUT2D eigenvalue weighted by Gasteiger charge is 2.28. The van der Waals surface area contributed by atoms with Crippen molar-refractivity contribution in [1.82, 2.24) is 0 Å². The molecule has 0 aliphatic heterocycles. The van der Waals surface area contributed by atoms with E-state index >= 15 is 0 Å². The number of hydrogen-bond donors (Lipinski definition) is 1. The van der Waals surface area contributed by atoms with Crippen LogP contribution in [0.15, 0.2) is 99.6 Å². The van der Waals surface area contributed by atoms with Crippen LogP contribution in [-0.4, -0.2) is 5.11 Å². The zero-order valence-electron chi connectivity index (χ0n) is 13.4. The Hall–Kier alpha value is -2.03. The number of rotatable bonds is 4. The average molecular weight is 321 g/mol. The number of aliphatic hydroxyl groups is 1. The minimum absolute atomic E-state index is 0.131. The third kappa shape index (κ3) is 3.66. The number of hydrogen-bond acceptors (Lipinski definition) is 1. The maximum Gasteiger partial charge on any atom is 0.166 e. The van der Waals surface area contributed by atoms with Gasteiger partial charge in [-0.3, -0.25) is 0 Å². The molecule has 0 aliphatic carbocycles. The van der Waals surface area contributed by atoms with Gasteiger partial charge in [-0.05, 0) is 55.8 Å². The predicted molar refractivity (Wildman–Crippen MR) is 96.7 cm³/mol. The second-order valence-electron chi connectivity index (χ2n) is 6.02. The summed E-state index contributed by atoms with van der Waals surface area (Å²) in [6.45, 7) is 3.63. The summed E-state index contributed by atoms with van der Waals surface area (Å²) >= 11 is 0. The first-order valence-electron chi connectivity index (χ1n) is 7.73. The summed E-state index contributed by atoms with van der Waals surface area (Å²) in [5.74, 6) is 0. The molecule has 3 aromatic rings. The molecule has 3 rings (SSSR count). The molecule has 116 valence electrons. The summed E-state index contributed by atoms with van der Waals surface area (Å²) in [5.41, 5.74) is 0.127. The molecule has 0 aromatic heterocycles. The van der Waals surface area contributed by atoms with Crippen LogP contribution in [-0.2, 0) is 16.5 Å². The van der Waals surface area contributed by atoms with Gasteiger partial charge in [0, 0.05) is 0 Å². The Kier molecular flexibility index (Phi) is 4.56. The first kappa shape index (κ1) is 15.9. The van der Waals surface area contributed by atoms with Crippen LogP contribution in [0.5, 0.6) is 0 Å². The maximum atomic E-state index is 10.2. The van der Waals surface area contributed by atoms with E-state index in [0.717, 1.165) is 5.56 Å². The summed E-state index contributed by atoms with van der Waals surface area (Å²) in [6, 6.07) is 29.5. The highest BCUT2D eigenvalue weighted by Crippen LogP contribution is 2.32. The average Bonchev–Trinajstić information content (AvgIpc) is 2.57. The molecule has 0 radical (unpaired) electrons. The summed E-state index contributed by atoms with van der Waals surface area (Å²) in [7, 11) is -0.131. The van der Waals surface area contributed by atoms with E-state index in [1.54, 1.807) is 0 Å². The van der Waals surface area contributed by atoms with Gasteiger partial charge in [-0.15, -0.1) is 0 Å². The Morgan fingerprint density at radius 3 is 1.39 bits per heavy atom. The molecule has 23 heavy (non-hydrogen) atoms. The molecule has 1 N–H and O–H groups in total. The summed E-state index contributed by atoms with van der Waals surface area (Å²) in [5, 5.41) is 10.2. The maximum absolute atomic E-state index is 10.2. The van der Waals surface area contributed by atoms with Gasteiger partial charge in [-0.2, -0.15) is 0 Å². The fourth-order valence-electron chi connectivity index (χ4n) is 2.52. The number of benzene rings is 3. The van der Waals surface area contributed by atoms with Crippen molar-refractivity contribution < 1.29 is 5.11 Å². The van der Waals surface area contributed by atoms with Crippen molar-refractivity contribution in [2.75, 3.05) is 0 Å². The van der Waals surface area contributed by atoms with Crippen molar-refractivity contribution in [2.45, 2.75) is 34.1 Å². The van der Waals surface area contributed by atoms with E-state index in [-0.39, 0.29) is 10.9 Å². The third-order valence-corrected chi connectivity index (χ3v) is 5.98. The highest BCUT2D eigenvalue weighted by atomic mass is 32.2. The zero-order valence-corrected chi connectivity index (χ0v) is 14.3. The fourth-order valence-corrected chi connectivity index (χ4v) is 4.60. The van der Waals surface area contributed by atoms with Gasteiger partial charge in [0.25, 0.3) is 0 Å². The lowest BCUT2D eigenvalue weighted by Gasteiger charge is -2.17. The van der Waals surface area contributed by atoms with Gasteiger partial charge in [0.15, 0.2) is 14.7 Å². The largest absolute Gasteiger partial charge is 0.386 e. The summed E-state index contributed by atoms with van der Waals surface area (Å²) < 4.78 is 0. The molecule has 0 amide bonds. The van der Waals surface area contributed by atoms with Crippen molar-refractivity contribution in [3.63, 3.8) is 0 Å². The third-order valence-electron chi connectivity index (χ3n) is 3.75. The molecule has 0 heterocycles. The molecule has 0 spiro atoms. The lowest BCUT2D eigenvalue weighted by molar-refractivity contribution is 0.0785. The molecule has 0 saturated heterocycles. The van der Waals surface area contributed by atoms with Gasteiger partial charge < -0.3 is 5.11 Å². The zero-order chi connectivity index (χ0) is 16.3. The van der Waals surface area contributed by atoms with E-state index in [9.17, 15) is 5.11 Å². The minimum Gasteiger partial charge on any atom is -0.386 e. The van der Waals surface area contributed by atoms with Crippen LogP contribution in [0.3, 0.4) is 0 Å². The Morgan fingerprint density at radius 1 is 0.609 bits per heavy atom. The smallest absolute Gasteiger partial charge is 0.166 e. The van der Waals surface area contributed by atoms with E-state index in [1.165, 1.54) is 14.7 Å². The van der Waals surface area contributed by atoms with Crippen LogP contribution in [0.1, 0.15) is 19.4 Å². The first-order chi connectivity index (χ1) is 11.1. The molecule has 0 unspecified atom stereocenters. The van der Waals surface area contributed by atoms with E-state index in [1.807, 2.05) is 38.1 Å². The Balaban J connectivity index is 2.06. The van der Waals surface area contributed by atoms with E-state index < -0.39 is 5.60 Å². The van der Waals surface area contributed by atoms with E-state index in [2.05, 4.69) is 60.7 Å².